The van der Waals surface area contributed by atoms with Gasteiger partial charge < -0.3 is 25.8 Å². The zero-order valence-corrected chi connectivity index (χ0v) is 16.3. The lowest BCUT2D eigenvalue weighted by atomic mass is 10.1. The highest BCUT2D eigenvalue weighted by Gasteiger charge is 2.16. The summed E-state index contributed by atoms with van der Waals surface area (Å²) in [6.45, 7) is 0.0919. The Hall–Kier alpha value is -3.44. The number of hydrogen-bond acceptors (Lipinski definition) is 7. The fraction of sp³-hybridized carbons (Fsp3) is 0.222. The van der Waals surface area contributed by atoms with Crippen molar-refractivity contribution in [3.05, 3.63) is 47.2 Å². The summed E-state index contributed by atoms with van der Waals surface area (Å²) in [5.41, 5.74) is 5.90. The van der Waals surface area contributed by atoms with Crippen LogP contribution in [-0.4, -0.2) is 54.0 Å². The number of nitrogens with zero attached hydrogens (tertiary/aromatic N) is 2. The molecule has 0 saturated heterocycles. The number of amides is 3. The Balaban J connectivity index is 1.65. The number of imidazole rings is 1. The van der Waals surface area contributed by atoms with Crippen LogP contribution >= 0.6 is 11.3 Å². The van der Waals surface area contributed by atoms with Crippen molar-refractivity contribution in [2.45, 2.75) is 0 Å². The molecule has 0 aliphatic carbocycles. The molecule has 0 atom stereocenters. The number of fused-ring (bicyclic) bond motifs is 1. The highest BCUT2D eigenvalue weighted by Crippen LogP contribution is 2.23. The topological polar surface area (TPSA) is 137 Å². The molecule has 0 spiro atoms. The van der Waals surface area contributed by atoms with Crippen molar-refractivity contribution in [3.8, 4) is 5.75 Å². The summed E-state index contributed by atoms with van der Waals surface area (Å²) < 4.78 is 12.0. The quantitative estimate of drug-likeness (QED) is 0.442. The predicted molar refractivity (Wildman–Crippen MR) is 106 cm³/mol. The molecule has 10 nitrogen and oxygen atoms in total. The van der Waals surface area contributed by atoms with Gasteiger partial charge in [-0.05, 0) is 18.2 Å². The lowest BCUT2D eigenvalue weighted by molar-refractivity contribution is -0.122. The van der Waals surface area contributed by atoms with Crippen LogP contribution in [0.2, 0.25) is 0 Å². The van der Waals surface area contributed by atoms with Gasteiger partial charge in [0.25, 0.3) is 11.8 Å². The Labute approximate surface area is 169 Å². The monoisotopic (exact) mass is 417 g/mol. The molecule has 0 fully saturated rings. The van der Waals surface area contributed by atoms with Crippen LogP contribution in [0.1, 0.15) is 20.8 Å². The molecule has 0 aliphatic heterocycles. The average molecular weight is 417 g/mol. The van der Waals surface area contributed by atoms with Crippen LogP contribution in [0.3, 0.4) is 0 Å². The van der Waals surface area contributed by atoms with Crippen LogP contribution in [0.15, 0.2) is 36.0 Å². The van der Waals surface area contributed by atoms with Gasteiger partial charge in [0.05, 0.1) is 19.3 Å². The van der Waals surface area contributed by atoms with Crippen molar-refractivity contribution < 1.29 is 23.9 Å². The van der Waals surface area contributed by atoms with E-state index in [9.17, 15) is 14.4 Å². The van der Waals surface area contributed by atoms with Crippen molar-refractivity contribution in [2.24, 2.45) is 5.73 Å². The number of primary amides is 1. The molecule has 0 saturated carbocycles. The van der Waals surface area contributed by atoms with Gasteiger partial charge in [-0.2, -0.15) is 0 Å². The first-order valence-electron chi connectivity index (χ1n) is 8.53. The van der Waals surface area contributed by atoms with E-state index < -0.39 is 17.7 Å². The maximum atomic E-state index is 12.4. The Morgan fingerprint density at radius 1 is 1.28 bits per heavy atom. The lowest BCUT2D eigenvalue weighted by Gasteiger charge is -2.12. The molecule has 3 amide bonds. The van der Waals surface area contributed by atoms with Crippen molar-refractivity contribution in [1.82, 2.24) is 14.7 Å². The molecule has 0 aliphatic rings. The number of carbonyl (C=O) groups excluding carboxylic acids is 3. The molecule has 2 heterocycles. The van der Waals surface area contributed by atoms with E-state index >= 15 is 0 Å². The second-order valence-electron chi connectivity index (χ2n) is 5.86. The number of nitrogens with one attached hydrogen (secondary N) is 2. The molecular formula is C18H19N5O5S. The van der Waals surface area contributed by atoms with E-state index in [1.54, 1.807) is 22.7 Å². The largest absolute Gasteiger partial charge is 0.496 e. The van der Waals surface area contributed by atoms with E-state index in [-0.39, 0.29) is 31.0 Å². The SMILES string of the molecule is COc1ccc(NC(=O)c2cn3ccsc3n2)cc1C(=O)NCCOCC(N)=O. The number of anilines is 1. The number of aromatic nitrogens is 2. The third kappa shape index (κ3) is 5.09. The maximum Gasteiger partial charge on any atom is 0.275 e. The number of rotatable bonds is 9. The van der Waals surface area contributed by atoms with Gasteiger partial charge in [0.15, 0.2) is 4.96 Å². The maximum absolute atomic E-state index is 12.4. The van der Waals surface area contributed by atoms with Gasteiger partial charge in [0, 0.05) is 30.0 Å². The summed E-state index contributed by atoms with van der Waals surface area (Å²) in [7, 11) is 1.44. The normalized spacial score (nSPS) is 10.7. The Morgan fingerprint density at radius 3 is 2.83 bits per heavy atom. The summed E-state index contributed by atoms with van der Waals surface area (Å²) in [6.07, 6.45) is 3.44. The third-order valence-corrected chi connectivity index (χ3v) is 4.57. The molecule has 1 aromatic carbocycles. The smallest absolute Gasteiger partial charge is 0.275 e. The van der Waals surface area contributed by atoms with Crippen LogP contribution in [0.4, 0.5) is 5.69 Å². The molecule has 3 aromatic rings. The van der Waals surface area contributed by atoms with Crippen LogP contribution in [0.25, 0.3) is 4.96 Å². The van der Waals surface area contributed by atoms with Crippen molar-refractivity contribution >= 4 is 39.7 Å². The molecule has 29 heavy (non-hydrogen) atoms. The molecule has 3 rings (SSSR count). The molecular weight excluding hydrogens is 398 g/mol. The van der Waals surface area contributed by atoms with Gasteiger partial charge in [-0.3, -0.25) is 18.8 Å². The molecule has 0 bridgehead atoms. The highest BCUT2D eigenvalue weighted by atomic mass is 32.1. The molecule has 0 unspecified atom stereocenters. The molecule has 0 radical (unpaired) electrons. The fourth-order valence-corrected chi connectivity index (χ4v) is 3.20. The summed E-state index contributed by atoms with van der Waals surface area (Å²) >= 11 is 1.42. The second-order valence-corrected chi connectivity index (χ2v) is 6.74. The summed E-state index contributed by atoms with van der Waals surface area (Å²) in [4.78, 5) is 40.5. The molecule has 2 aromatic heterocycles. The Morgan fingerprint density at radius 2 is 2.10 bits per heavy atom. The number of thiazole rings is 1. The van der Waals surface area contributed by atoms with E-state index in [2.05, 4.69) is 15.6 Å². The zero-order chi connectivity index (χ0) is 20.8. The lowest BCUT2D eigenvalue weighted by Crippen LogP contribution is -2.29. The van der Waals surface area contributed by atoms with E-state index in [1.807, 2.05) is 11.6 Å². The average Bonchev–Trinajstić information content (AvgIpc) is 3.29. The number of ether oxygens (including phenoxy) is 2. The first-order valence-corrected chi connectivity index (χ1v) is 9.41. The zero-order valence-electron chi connectivity index (χ0n) is 15.5. The van der Waals surface area contributed by atoms with Crippen molar-refractivity contribution in [1.29, 1.82) is 0 Å². The van der Waals surface area contributed by atoms with Gasteiger partial charge in [-0.25, -0.2) is 4.98 Å². The van der Waals surface area contributed by atoms with Crippen molar-refractivity contribution in [3.63, 3.8) is 0 Å². The number of hydrogen-bond donors (Lipinski definition) is 3. The van der Waals surface area contributed by atoms with Crippen LogP contribution < -0.4 is 21.1 Å². The fourth-order valence-electron chi connectivity index (χ4n) is 2.50. The van der Waals surface area contributed by atoms with E-state index in [4.69, 9.17) is 15.2 Å². The standard InChI is InChI=1S/C18H19N5O5S/c1-27-14-3-2-11(8-12(14)16(25)20-4-6-28-10-15(19)24)21-17(26)13-9-23-5-7-29-18(23)22-13/h2-3,5,7-9H,4,6,10H2,1H3,(H2,19,24)(H,20,25)(H,21,26). The number of methoxy groups -OCH3 is 1. The number of carbonyl (C=O) groups is 3. The van der Waals surface area contributed by atoms with Gasteiger partial charge in [0.1, 0.15) is 18.1 Å². The highest BCUT2D eigenvalue weighted by molar-refractivity contribution is 7.15. The van der Waals surface area contributed by atoms with Crippen LogP contribution in [-0.2, 0) is 9.53 Å². The summed E-state index contributed by atoms with van der Waals surface area (Å²) in [5.74, 6) is -1.04. The minimum Gasteiger partial charge on any atom is -0.496 e. The summed E-state index contributed by atoms with van der Waals surface area (Å²) in [6, 6.07) is 4.72. The van der Waals surface area contributed by atoms with Gasteiger partial charge in [-0.15, -0.1) is 11.3 Å². The number of nitrogens with two attached hydrogens (primary N) is 1. The minimum atomic E-state index is -0.584. The second kappa shape index (κ2) is 9.17. The molecule has 152 valence electrons. The predicted octanol–water partition coefficient (Wildman–Crippen LogP) is 0.888. The van der Waals surface area contributed by atoms with Gasteiger partial charge >= 0.3 is 0 Å². The van der Waals surface area contributed by atoms with Crippen molar-refractivity contribution in [2.75, 3.05) is 32.2 Å². The molecule has 11 heteroatoms. The van der Waals surface area contributed by atoms with Gasteiger partial charge in [-0.1, -0.05) is 0 Å². The number of benzene rings is 1. The van der Waals surface area contributed by atoms with Gasteiger partial charge in [0.2, 0.25) is 5.91 Å². The van der Waals surface area contributed by atoms with E-state index in [0.717, 1.165) is 0 Å². The van der Waals surface area contributed by atoms with E-state index in [1.165, 1.54) is 24.5 Å². The van der Waals surface area contributed by atoms with Crippen LogP contribution in [0.5, 0.6) is 5.75 Å². The third-order valence-electron chi connectivity index (χ3n) is 3.80. The van der Waals surface area contributed by atoms with E-state index in [0.29, 0.717) is 16.4 Å². The summed E-state index contributed by atoms with van der Waals surface area (Å²) in [5, 5.41) is 7.25. The first-order chi connectivity index (χ1) is 14.0. The first kappa shape index (κ1) is 20.3. The molecule has 4 N–H and O–H groups in total. The Bertz CT molecular complexity index is 1020. The minimum absolute atomic E-state index is 0.130. The Kier molecular flexibility index (Phi) is 6.42. The van der Waals surface area contributed by atoms with Crippen LogP contribution in [0, 0.1) is 0 Å².